The molecule has 1 aliphatic heterocycles. The number of piperidine rings is 1. The van der Waals surface area contributed by atoms with Crippen molar-refractivity contribution in [2.24, 2.45) is 5.73 Å². The van der Waals surface area contributed by atoms with Crippen LogP contribution in [0.2, 0.25) is 0 Å². The Kier molecular flexibility index (Phi) is 9.27. The van der Waals surface area contributed by atoms with Crippen LogP contribution in [0.15, 0.2) is 24.3 Å². The van der Waals surface area contributed by atoms with Gasteiger partial charge in [-0.2, -0.15) is 0 Å². The van der Waals surface area contributed by atoms with Gasteiger partial charge >= 0.3 is 12.0 Å². The number of esters is 1. The second-order valence-electron chi connectivity index (χ2n) is 7.32. The Bertz CT molecular complexity index is 672. The standard InChI is InChI=1S/C21H32N4O4/c1-16(29-19(26)8-4-2-5-13-23-21(22)28)20(27)24-17-9-11-18(12-10-17)25-14-6-3-7-15-25/h9-12,16H,2-8,13-15H2,1H3,(H,24,27)(H3,22,23,28)/t16-/m1/s1. The van der Waals surface area contributed by atoms with Crippen LogP contribution in [0.1, 0.15) is 51.9 Å². The number of nitrogens with one attached hydrogen (secondary N) is 2. The van der Waals surface area contributed by atoms with E-state index in [0.29, 0.717) is 18.7 Å². The summed E-state index contributed by atoms with van der Waals surface area (Å²) in [5.41, 5.74) is 6.81. The maximum absolute atomic E-state index is 12.3. The Morgan fingerprint density at radius 1 is 1.07 bits per heavy atom. The monoisotopic (exact) mass is 404 g/mol. The number of hydrogen-bond acceptors (Lipinski definition) is 5. The van der Waals surface area contributed by atoms with E-state index in [1.54, 1.807) is 6.92 Å². The summed E-state index contributed by atoms with van der Waals surface area (Å²) in [6.07, 6.45) is 5.22. The summed E-state index contributed by atoms with van der Waals surface area (Å²) < 4.78 is 5.20. The fourth-order valence-electron chi connectivity index (χ4n) is 3.24. The Hall–Kier alpha value is -2.77. The number of primary amides is 1. The van der Waals surface area contributed by atoms with Crippen molar-refractivity contribution in [3.8, 4) is 0 Å². The van der Waals surface area contributed by atoms with E-state index in [4.69, 9.17) is 10.5 Å². The molecule has 0 bridgehead atoms. The Balaban J connectivity index is 1.67. The van der Waals surface area contributed by atoms with Crippen molar-refractivity contribution in [3.63, 3.8) is 0 Å². The fraction of sp³-hybridized carbons (Fsp3) is 0.571. The summed E-state index contributed by atoms with van der Waals surface area (Å²) in [6.45, 7) is 4.19. The quantitative estimate of drug-likeness (QED) is 0.410. The molecule has 0 saturated carbocycles. The smallest absolute Gasteiger partial charge is 0.312 e. The van der Waals surface area contributed by atoms with Crippen LogP contribution in [0, 0.1) is 0 Å². The predicted molar refractivity (Wildman–Crippen MR) is 113 cm³/mol. The molecule has 3 amide bonds. The van der Waals surface area contributed by atoms with E-state index < -0.39 is 18.1 Å². The van der Waals surface area contributed by atoms with Crippen molar-refractivity contribution >= 4 is 29.3 Å². The van der Waals surface area contributed by atoms with E-state index in [9.17, 15) is 14.4 Å². The lowest BCUT2D eigenvalue weighted by molar-refractivity contribution is -0.153. The van der Waals surface area contributed by atoms with Crippen molar-refractivity contribution < 1.29 is 19.1 Å². The van der Waals surface area contributed by atoms with Gasteiger partial charge in [-0.1, -0.05) is 6.42 Å². The molecule has 0 aromatic heterocycles. The summed E-state index contributed by atoms with van der Waals surface area (Å²) >= 11 is 0. The summed E-state index contributed by atoms with van der Waals surface area (Å²) in [6, 6.07) is 7.20. The zero-order valence-corrected chi connectivity index (χ0v) is 17.1. The highest BCUT2D eigenvalue weighted by molar-refractivity contribution is 5.95. The third kappa shape index (κ3) is 8.41. The van der Waals surface area contributed by atoms with Crippen molar-refractivity contribution in [1.82, 2.24) is 5.32 Å². The maximum Gasteiger partial charge on any atom is 0.312 e. The molecule has 1 fully saturated rings. The molecule has 0 spiro atoms. The average molecular weight is 405 g/mol. The number of amides is 3. The van der Waals surface area contributed by atoms with E-state index in [2.05, 4.69) is 15.5 Å². The van der Waals surface area contributed by atoms with Crippen molar-refractivity contribution in [3.05, 3.63) is 24.3 Å². The fourth-order valence-corrected chi connectivity index (χ4v) is 3.24. The number of hydrogen-bond donors (Lipinski definition) is 3. The summed E-state index contributed by atoms with van der Waals surface area (Å²) in [5, 5.41) is 5.28. The third-order valence-corrected chi connectivity index (χ3v) is 4.89. The number of ether oxygens (including phenoxy) is 1. The maximum atomic E-state index is 12.3. The number of nitrogens with zero attached hydrogens (tertiary/aromatic N) is 1. The van der Waals surface area contributed by atoms with Crippen LogP contribution in [0.4, 0.5) is 16.2 Å². The van der Waals surface area contributed by atoms with Gasteiger partial charge in [0.25, 0.3) is 5.91 Å². The van der Waals surface area contributed by atoms with Crippen LogP contribution in [-0.4, -0.2) is 43.6 Å². The molecule has 1 aromatic rings. The van der Waals surface area contributed by atoms with Gasteiger partial charge in [0.1, 0.15) is 0 Å². The molecule has 1 aliphatic rings. The number of carbonyl (C=O) groups is 3. The van der Waals surface area contributed by atoms with Crippen molar-refractivity contribution in [2.75, 3.05) is 29.9 Å². The first-order chi connectivity index (χ1) is 14.0. The first-order valence-corrected chi connectivity index (χ1v) is 10.3. The van der Waals surface area contributed by atoms with E-state index in [1.165, 1.54) is 19.3 Å². The van der Waals surface area contributed by atoms with E-state index >= 15 is 0 Å². The van der Waals surface area contributed by atoms with Gasteiger partial charge in [0, 0.05) is 37.4 Å². The van der Waals surface area contributed by atoms with Gasteiger partial charge in [-0.25, -0.2) is 4.79 Å². The van der Waals surface area contributed by atoms with Gasteiger partial charge in [-0.15, -0.1) is 0 Å². The first kappa shape index (κ1) is 22.5. The molecule has 1 atom stereocenters. The average Bonchev–Trinajstić information content (AvgIpc) is 2.71. The highest BCUT2D eigenvalue weighted by atomic mass is 16.5. The van der Waals surface area contributed by atoms with Gasteiger partial charge < -0.3 is 26.0 Å². The summed E-state index contributed by atoms with van der Waals surface area (Å²) in [7, 11) is 0. The zero-order valence-electron chi connectivity index (χ0n) is 17.1. The first-order valence-electron chi connectivity index (χ1n) is 10.3. The van der Waals surface area contributed by atoms with Crippen molar-refractivity contribution in [2.45, 2.75) is 58.0 Å². The molecular weight excluding hydrogens is 372 g/mol. The minimum absolute atomic E-state index is 0.235. The molecule has 29 heavy (non-hydrogen) atoms. The molecule has 4 N–H and O–H groups in total. The summed E-state index contributed by atoms with van der Waals surface area (Å²) in [4.78, 5) is 37.0. The molecule has 0 unspecified atom stereocenters. The lowest BCUT2D eigenvalue weighted by Crippen LogP contribution is -2.30. The van der Waals surface area contributed by atoms with Gasteiger partial charge in [-0.05, 0) is 63.3 Å². The van der Waals surface area contributed by atoms with E-state index in [1.807, 2.05) is 24.3 Å². The molecule has 1 saturated heterocycles. The van der Waals surface area contributed by atoms with Crippen molar-refractivity contribution in [1.29, 1.82) is 0 Å². The van der Waals surface area contributed by atoms with Crippen LogP contribution in [0.25, 0.3) is 0 Å². The molecule has 0 aliphatic carbocycles. The second-order valence-corrected chi connectivity index (χ2v) is 7.32. The van der Waals surface area contributed by atoms with Crippen LogP contribution < -0.4 is 21.3 Å². The minimum atomic E-state index is -0.860. The number of anilines is 2. The highest BCUT2D eigenvalue weighted by Gasteiger charge is 2.18. The highest BCUT2D eigenvalue weighted by Crippen LogP contribution is 2.22. The normalized spacial score (nSPS) is 14.7. The SMILES string of the molecule is C[C@@H](OC(=O)CCCCCNC(N)=O)C(=O)Nc1ccc(N2CCCCC2)cc1. The Labute approximate surface area is 172 Å². The number of rotatable bonds is 10. The zero-order chi connectivity index (χ0) is 21.1. The molecule has 160 valence electrons. The van der Waals surface area contributed by atoms with Gasteiger partial charge in [0.15, 0.2) is 6.10 Å². The molecule has 1 heterocycles. The number of unbranched alkanes of at least 4 members (excludes halogenated alkanes) is 2. The number of urea groups is 1. The third-order valence-electron chi connectivity index (χ3n) is 4.89. The largest absolute Gasteiger partial charge is 0.453 e. The van der Waals surface area contributed by atoms with Crippen LogP contribution in [0.5, 0.6) is 0 Å². The summed E-state index contributed by atoms with van der Waals surface area (Å²) in [5.74, 6) is -0.759. The lowest BCUT2D eigenvalue weighted by Gasteiger charge is -2.28. The molecule has 0 radical (unpaired) electrons. The molecule has 8 heteroatoms. The van der Waals surface area contributed by atoms with Gasteiger partial charge in [0.05, 0.1) is 0 Å². The van der Waals surface area contributed by atoms with Gasteiger partial charge in [0.2, 0.25) is 0 Å². The van der Waals surface area contributed by atoms with Crippen LogP contribution in [0.3, 0.4) is 0 Å². The Morgan fingerprint density at radius 3 is 2.41 bits per heavy atom. The molecule has 2 rings (SSSR count). The molecular formula is C21H32N4O4. The van der Waals surface area contributed by atoms with Crippen LogP contribution in [-0.2, 0) is 14.3 Å². The number of benzene rings is 1. The van der Waals surface area contributed by atoms with Gasteiger partial charge in [-0.3, -0.25) is 9.59 Å². The predicted octanol–water partition coefficient (Wildman–Crippen LogP) is 2.78. The number of carbonyl (C=O) groups excluding carboxylic acids is 3. The lowest BCUT2D eigenvalue weighted by atomic mass is 10.1. The second kappa shape index (κ2) is 11.9. The van der Waals surface area contributed by atoms with E-state index in [-0.39, 0.29) is 12.3 Å². The number of nitrogens with two attached hydrogens (primary N) is 1. The topological polar surface area (TPSA) is 114 Å². The minimum Gasteiger partial charge on any atom is -0.453 e. The molecule has 1 aromatic carbocycles. The van der Waals surface area contributed by atoms with Crippen LogP contribution >= 0.6 is 0 Å². The molecule has 8 nitrogen and oxygen atoms in total. The Morgan fingerprint density at radius 2 is 1.76 bits per heavy atom. The van der Waals surface area contributed by atoms with E-state index in [0.717, 1.165) is 31.6 Å².